The van der Waals surface area contributed by atoms with Gasteiger partial charge >= 0.3 is 0 Å². The summed E-state index contributed by atoms with van der Waals surface area (Å²) in [6.07, 6.45) is 0. The van der Waals surface area contributed by atoms with Crippen LogP contribution in [0.1, 0.15) is 78.4 Å². The Morgan fingerprint density at radius 2 is 1.00 bits per heavy atom. The number of nitrogens with zero attached hydrogens (tertiary/aromatic N) is 4. The van der Waals surface area contributed by atoms with E-state index >= 15 is 0 Å². The number of rotatable bonds is 7. The van der Waals surface area contributed by atoms with Crippen molar-refractivity contribution in [2.45, 2.75) is 79.3 Å². The summed E-state index contributed by atoms with van der Waals surface area (Å²) in [5.41, 5.74) is 5.17. The van der Waals surface area contributed by atoms with Gasteiger partial charge in [0.05, 0.1) is 12.1 Å². The number of aliphatic imine (C=N–C) groups is 2. The van der Waals surface area contributed by atoms with Crippen molar-refractivity contribution in [2.75, 3.05) is 22.9 Å². The first-order valence-corrected chi connectivity index (χ1v) is 13.1. The average molecular weight is 459 g/mol. The fraction of sp³-hybridized carbons (Fsp3) is 0.533. The van der Waals surface area contributed by atoms with E-state index in [1.807, 2.05) is 0 Å². The van der Waals surface area contributed by atoms with Crippen LogP contribution in [0.5, 0.6) is 0 Å². The van der Waals surface area contributed by atoms with Gasteiger partial charge in [-0.05, 0) is 59.1 Å². The minimum atomic E-state index is 0.266. The molecule has 0 unspecified atom stereocenters. The summed E-state index contributed by atoms with van der Waals surface area (Å²) in [7, 11) is 0. The molecule has 182 valence electrons. The maximum absolute atomic E-state index is 5.30. The molecule has 34 heavy (non-hydrogen) atoms. The monoisotopic (exact) mass is 458 g/mol. The largest absolute Gasteiger partial charge is 0.321 e. The molecule has 2 aliphatic heterocycles. The van der Waals surface area contributed by atoms with E-state index < -0.39 is 0 Å². The van der Waals surface area contributed by atoms with Gasteiger partial charge in [-0.1, -0.05) is 79.7 Å². The van der Waals surface area contributed by atoms with Crippen LogP contribution in [0.15, 0.2) is 58.5 Å². The SMILES string of the molecule is CC(C)c1cccc(N2C[C@H](C(C)C)N=C2C2=N[C@@H](C(C)C)CN2c2cccc(C(C)C)c2)c1. The second-order valence-corrected chi connectivity index (χ2v) is 11.2. The van der Waals surface area contributed by atoms with Crippen LogP contribution >= 0.6 is 0 Å². The topological polar surface area (TPSA) is 31.2 Å². The molecule has 4 nitrogen and oxygen atoms in total. The van der Waals surface area contributed by atoms with E-state index in [0.717, 1.165) is 24.8 Å². The molecule has 0 saturated carbocycles. The molecule has 4 heteroatoms. The molecule has 0 saturated heterocycles. The number of hydrogen-bond acceptors (Lipinski definition) is 4. The van der Waals surface area contributed by atoms with Gasteiger partial charge in [0.25, 0.3) is 0 Å². The van der Waals surface area contributed by atoms with Crippen LogP contribution in [-0.4, -0.2) is 36.8 Å². The van der Waals surface area contributed by atoms with E-state index in [0.29, 0.717) is 23.7 Å². The summed E-state index contributed by atoms with van der Waals surface area (Å²) in [5, 5.41) is 0. The molecule has 4 rings (SSSR count). The molecule has 2 aliphatic rings. The highest BCUT2D eigenvalue weighted by molar-refractivity contribution is 6.50. The molecular formula is C30H42N4. The van der Waals surface area contributed by atoms with Crippen molar-refractivity contribution in [3.63, 3.8) is 0 Å². The van der Waals surface area contributed by atoms with Crippen LogP contribution in [0.2, 0.25) is 0 Å². The highest BCUT2D eigenvalue weighted by Crippen LogP contribution is 2.32. The maximum atomic E-state index is 5.30. The molecule has 0 aromatic heterocycles. The molecule has 0 amide bonds. The Morgan fingerprint density at radius 3 is 1.32 bits per heavy atom. The maximum Gasteiger partial charge on any atom is 0.172 e. The Morgan fingerprint density at radius 1 is 0.618 bits per heavy atom. The van der Waals surface area contributed by atoms with Crippen molar-refractivity contribution < 1.29 is 0 Å². The van der Waals surface area contributed by atoms with E-state index in [1.54, 1.807) is 0 Å². The second kappa shape index (κ2) is 9.93. The van der Waals surface area contributed by atoms with Gasteiger partial charge < -0.3 is 9.80 Å². The lowest BCUT2D eigenvalue weighted by Crippen LogP contribution is -2.42. The van der Waals surface area contributed by atoms with E-state index in [4.69, 9.17) is 9.98 Å². The van der Waals surface area contributed by atoms with Crippen LogP contribution < -0.4 is 9.80 Å². The number of hydrogen-bond donors (Lipinski definition) is 0. The zero-order valence-electron chi connectivity index (χ0n) is 22.3. The highest BCUT2D eigenvalue weighted by atomic mass is 15.4. The zero-order valence-corrected chi connectivity index (χ0v) is 22.3. The Kier molecular flexibility index (Phi) is 7.16. The van der Waals surface area contributed by atoms with Crippen molar-refractivity contribution in [1.82, 2.24) is 0 Å². The quantitative estimate of drug-likeness (QED) is 0.442. The molecule has 0 spiro atoms. The second-order valence-electron chi connectivity index (χ2n) is 11.2. The summed E-state index contributed by atoms with van der Waals surface area (Å²) in [5.74, 6) is 4.00. The van der Waals surface area contributed by atoms with Crippen LogP contribution in [-0.2, 0) is 0 Å². The minimum Gasteiger partial charge on any atom is -0.321 e. The normalized spacial score (nSPS) is 20.8. The lowest BCUT2D eigenvalue weighted by Gasteiger charge is -2.27. The van der Waals surface area contributed by atoms with Gasteiger partial charge in [0.2, 0.25) is 0 Å². The number of amidine groups is 2. The molecule has 0 N–H and O–H groups in total. The van der Waals surface area contributed by atoms with Gasteiger partial charge in [-0.15, -0.1) is 0 Å². The van der Waals surface area contributed by atoms with Gasteiger partial charge in [-0.2, -0.15) is 0 Å². The lowest BCUT2D eigenvalue weighted by molar-refractivity contribution is 0.521. The van der Waals surface area contributed by atoms with Gasteiger partial charge in [-0.3, -0.25) is 9.98 Å². The van der Waals surface area contributed by atoms with Crippen molar-refractivity contribution >= 4 is 23.0 Å². The molecule has 2 heterocycles. The predicted octanol–water partition coefficient (Wildman–Crippen LogP) is 7.12. The lowest BCUT2D eigenvalue weighted by atomic mass is 10.0. The first kappa shape index (κ1) is 24.5. The van der Waals surface area contributed by atoms with E-state index in [-0.39, 0.29) is 12.1 Å². The summed E-state index contributed by atoms with van der Waals surface area (Å²) in [6, 6.07) is 18.5. The van der Waals surface area contributed by atoms with Crippen molar-refractivity contribution in [3.05, 3.63) is 59.7 Å². The first-order chi connectivity index (χ1) is 16.2. The van der Waals surface area contributed by atoms with Crippen molar-refractivity contribution in [2.24, 2.45) is 21.8 Å². The van der Waals surface area contributed by atoms with Crippen molar-refractivity contribution in [1.29, 1.82) is 0 Å². The molecule has 0 radical (unpaired) electrons. The van der Waals surface area contributed by atoms with Gasteiger partial charge in [0.15, 0.2) is 11.7 Å². The van der Waals surface area contributed by atoms with E-state index in [1.165, 1.54) is 22.5 Å². The zero-order chi connectivity index (χ0) is 24.6. The van der Waals surface area contributed by atoms with Crippen LogP contribution in [0, 0.1) is 11.8 Å². The van der Waals surface area contributed by atoms with Gasteiger partial charge in [-0.25, -0.2) is 0 Å². The molecule has 0 fully saturated rings. The predicted molar refractivity (Wildman–Crippen MR) is 148 cm³/mol. The molecule has 2 atom stereocenters. The highest BCUT2D eigenvalue weighted by Gasteiger charge is 2.38. The summed E-state index contributed by atoms with van der Waals surface area (Å²) >= 11 is 0. The number of anilines is 2. The minimum absolute atomic E-state index is 0.266. The standard InChI is InChI=1S/C30H42N4/c1-19(2)23-11-9-13-25(15-23)33-17-27(21(5)6)31-29(33)30-32-28(22(7)8)18-34(30)26-14-10-12-24(16-26)20(3)4/h9-16,19-22,27-28H,17-18H2,1-8H3/t27-,28-/m1/s1. The van der Waals surface area contributed by atoms with Crippen LogP contribution in [0.3, 0.4) is 0 Å². The number of benzene rings is 2. The summed E-state index contributed by atoms with van der Waals surface area (Å²) in [6.45, 7) is 19.9. The average Bonchev–Trinajstić information content (AvgIpc) is 3.44. The van der Waals surface area contributed by atoms with Crippen LogP contribution in [0.25, 0.3) is 0 Å². The smallest absolute Gasteiger partial charge is 0.172 e. The fourth-order valence-electron chi connectivity index (χ4n) is 4.72. The van der Waals surface area contributed by atoms with E-state index in [2.05, 4.69) is 114 Å². The molecular weight excluding hydrogens is 416 g/mol. The van der Waals surface area contributed by atoms with E-state index in [9.17, 15) is 0 Å². The van der Waals surface area contributed by atoms with Gasteiger partial charge in [0.1, 0.15) is 0 Å². The Bertz CT molecular complexity index is 977. The third-order valence-corrected chi connectivity index (χ3v) is 7.26. The molecule has 2 aromatic rings. The Labute approximate surface area is 206 Å². The fourth-order valence-corrected chi connectivity index (χ4v) is 4.72. The Hall–Kier alpha value is -2.62. The van der Waals surface area contributed by atoms with Crippen molar-refractivity contribution in [3.8, 4) is 0 Å². The summed E-state index contributed by atoms with van der Waals surface area (Å²) in [4.78, 5) is 15.4. The molecule has 0 bridgehead atoms. The molecule has 0 aliphatic carbocycles. The van der Waals surface area contributed by atoms with Crippen LogP contribution in [0.4, 0.5) is 11.4 Å². The third kappa shape index (κ3) is 4.92. The summed E-state index contributed by atoms with van der Waals surface area (Å²) < 4.78 is 0. The molecule has 2 aromatic carbocycles. The Balaban J connectivity index is 1.79. The first-order valence-electron chi connectivity index (χ1n) is 13.1. The third-order valence-electron chi connectivity index (χ3n) is 7.26. The van der Waals surface area contributed by atoms with Gasteiger partial charge in [0, 0.05) is 24.5 Å².